The summed E-state index contributed by atoms with van der Waals surface area (Å²) in [5.74, 6) is 0.162. The first-order valence-electron chi connectivity index (χ1n) is 7.23. The molecule has 0 radical (unpaired) electrons. The molecule has 0 spiro atoms. The lowest BCUT2D eigenvalue weighted by molar-refractivity contribution is -0.118. The second kappa shape index (κ2) is 7.84. The SMILES string of the molecule is CCCc1ccc(NC(=O)COc2ccccc2C#N)cc1. The summed E-state index contributed by atoms with van der Waals surface area (Å²) in [5, 5.41) is 11.7. The lowest BCUT2D eigenvalue weighted by atomic mass is 10.1. The molecule has 1 amide bonds. The molecule has 2 rings (SSSR count). The van der Waals surface area contributed by atoms with Gasteiger partial charge < -0.3 is 10.1 Å². The average molecular weight is 294 g/mol. The van der Waals surface area contributed by atoms with E-state index in [1.807, 2.05) is 30.3 Å². The van der Waals surface area contributed by atoms with Crippen LogP contribution in [0.2, 0.25) is 0 Å². The lowest BCUT2D eigenvalue weighted by Crippen LogP contribution is -2.20. The van der Waals surface area contributed by atoms with Crippen LogP contribution in [-0.4, -0.2) is 12.5 Å². The Balaban J connectivity index is 1.89. The van der Waals surface area contributed by atoms with E-state index in [4.69, 9.17) is 10.00 Å². The second-order valence-electron chi connectivity index (χ2n) is 4.89. The van der Waals surface area contributed by atoms with Gasteiger partial charge in [-0.1, -0.05) is 37.6 Å². The summed E-state index contributed by atoms with van der Waals surface area (Å²) >= 11 is 0. The molecular weight excluding hydrogens is 276 g/mol. The monoisotopic (exact) mass is 294 g/mol. The Morgan fingerprint density at radius 3 is 2.59 bits per heavy atom. The maximum absolute atomic E-state index is 11.9. The Bertz CT molecular complexity index is 672. The molecule has 0 bridgehead atoms. The molecule has 0 saturated heterocycles. The van der Waals surface area contributed by atoms with Crippen LogP contribution in [0.5, 0.6) is 5.75 Å². The van der Waals surface area contributed by atoms with Gasteiger partial charge in [0, 0.05) is 5.69 Å². The minimum Gasteiger partial charge on any atom is -0.482 e. The van der Waals surface area contributed by atoms with E-state index in [1.165, 1.54) is 5.56 Å². The molecule has 0 aliphatic heterocycles. The van der Waals surface area contributed by atoms with Crippen LogP contribution in [0, 0.1) is 11.3 Å². The van der Waals surface area contributed by atoms with Crippen LogP contribution in [0.25, 0.3) is 0 Å². The fourth-order valence-electron chi connectivity index (χ4n) is 2.07. The average Bonchev–Trinajstić information content (AvgIpc) is 2.55. The fourth-order valence-corrected chi connectivity index (χ4v) is 2.07. The van der Waals surface area contributed by atoms with Crippen molar-refractivity contribution >= 4 is 11.6 Å². The van der Waals surface area contributed by atoms with E-state index in [0.717, 1.165) is 18.5 Å². The van der Waals surface area contributed by atoms with Crippen LogP contribution in [0.4, 0.5) is 5.69 Å². The van der Waals surface area contributed by atoms with Crippen molar-refractivity contribution in [2.45, 2.75) is 19.8 Å². The summed E-state index contributed by atoms with van der Waals surface area (Å²) in [6, 6.07) is 16.6. The molecule has 0 saturated carbocycles. The maximum atomic E-state index is 11.9. The third-order valence-electron chi connectivity index (χ3n) is 3.14. The Kier molecular flexibility index (Phi) is 5.56. The number of amides is 1. The predicted octanol–water partition coefficient (Wildman–Crippen LogP) is 3.53. The topological polar surface area (TPSA) is 62.1 Å². The van der Waals surface area contributed by atoms with Gasteiger partial charge in [-0.25, -0.2) is 0 Å². The Labute approximate surface area is 130 Å². The highest BCUT2D eigenvalue weighted by atomic mass is 16.5. The quantitative estimate of drug-likeness (QED) is 0.886. The van der Waals surface area contributed by atoms with E-state index in [1.54, 1.807) is 24.3 Å². The van der Waals surface area contributed by atoms with Gasteiger partial charge in [-0.3, -0.25) is 4.79 Å². The third kappa shape index (κ3) is 4.35. The summed E-state index contributed by atoms with van der Waals surface area (Å²) in [7, 11) is 0. The summed E-state index contributed by atoms with van der Waals surface area (Å²) in [6.07, 6.45) is 2.13. The van der Waals surface area contributed by atoms with Gasteiger partial charge in [0.1, 0.15) is 11.8 Å². The van der Waals surface area contributed by atoms with Crippen LogP contribution < -0.4 is 10.1 Å². The number of aryl methyl sites for hydroxylation is 1. The molecule has 0 atom stereocenters. The van der Waals surface area contributed by atoms with E-state index in [-0.39, 0.29) is 12.5 Å². The van der Waals surface area contributed by atoms with Crippen LogP contribution in [-0.2, 0) is 11.2 Å². The minimum absolute atomic E-state index is 0.130. The highest BCUT2D eigenvalue weighted by molar-refractivity contribution is 5.91. The van der Waals surface area contributed by atoms with Crippen LogP contribution >= 0.6 is 0 Å². The molecule has 112 valence electrons. The van der Waals surface area contributed by atoms with Crippen molar-refractivity contribution in [2.24, 2.45) is 0 Å². The Hall–Kier alpha value is -2.80. The van der Waals surface area contributed by atoms with Gasteiger partial charge in [-0.2, -0.15) is 5.26 Å². The first-order chi connectivity index (χ1) is 10.7. The molecule has 0 aromatic heterocycles. The van der Waals surface area contributed by atoms with Crippen molar-refractivity contribution in [3.8, 4) is 11.8 Å². The summed E-state index contributed by atoms with van der Waals surface area (Å²) in [6.45, 7) is 2.00. The van der Waals surface area contributed by atoms with Gasteiger partial charge in [0.25, 0.3) is 5.91 Å². The van der Waals surface area contributed by atoms with Gasteiger partial charge in [-0.05, 0) is 36.2 Å². The number of anilines is 1. The number of nitrogens with zero attached hydrogens (tertiary/aromatic N) is 1. The minimum atomic E-state index is -0.254. The number of ether oxygens (including phenoxy) is 1. The molecular formula is C18H18N2O2. The van der Waals surface area contributed by atoms with Gasteiger partial charge in [0.2, 0.25) is 0 Å². The van der Waals surface area contributed by atoms with E-state index < -0.39 is 0 Å². The van der Waals surface area contributed by atoms with Gasteiger partial charge in [-0.15, -0.1) is 0 Å². The highest BCUT2D eigenvalue weighted by Gasteiger charge is 2.06. The predicted molar refractivity (Wildman–Crippen MR) is 85.7 cm³/mol. The number of benzene rings is 2. The largest absolute Gasteiger partial charge is 0.482 e. The maximum Gasteiger partial charge on any atom is 0.262 e. The Morgan fingerprint density at radius 2 is 1.91 bits per heavy atom. The van der Waals surface area contributed by atoms with Crippen LogP contribution in [0.1, 0.15) is 24.5 Å². The normalized spacial score (nSPS) is 9.82. The molecule has 4 nitrogen and oxygen atoms in total. The molecule has 2 aromatic rings. The number of para-hydroxylation sites is 1. The molecule has 4 heteroatoms. The number of carbonyl (C=O) groups is 1. The molecule has 0 aliphatic rings. The van der Waals surface area contributed by atoms with E-state index in [0.29, 0.717) is 11.3 Å². The van der Waals surface area contributed by atoms with Crippen molar-refractivity contribution in [3.63, 3.8) is 0 Å². The molecule has 0 aliphatic carbocycles. The zero-order valence-electron chi connectivity index (χ0n) is 12.5. The molecule has 0 unspecified atom stereocenters. The van der Waals surface area contributed by atoms with Crippen molar-refractivity contribution in [1.29, 1.82) is 5.26 Å². The lowest BCUT2D eigenvalue weighted by Gasteiger charge is -2.09. The zero-order chi connectivity index (χ0) is 15.8. The summed E-state index contributed by atoms with van der Waals surface area (Å²) in [5.41, 5.74) is 2.40. The van der Waals surface area contributed by atoms with Gasteiger partial charge in [0.15, 0.2) is 6.61 Å². The Morgan fingerprint density at radius 1 is 1.18 bits per heavy atom. The van der Waals surface area contributed by atoms with E-state index in [9.17, 15) is 4.79 Å². The van der Waals surface area contributed by atoms with Crippen LogP contribution in [0.15, 0.2) is 48.5 Å². The zero-order valence-corrected chi connectivity index (χ0v) is 12.5. The standard InChI is InChI=1S/C18H18N2O2/c1-2-5-14-8-10-16(11-9-14)20-18(21)13-22-17-7-4-3-6-15(17)12-19/h3-4,6-11H,2,5,13H2,1H3,(H,20,21). The van der Waals surface area contributed by atoms with Crippen LogP contribution in [0.3, 0.4) is 0 Å². The number of nitrogens with one attached hydrogen (secondary N) is 1. The number of rotatable bonds is 6. The highest BCUT2D eigenvalue weighted by Crippen LogP contribution is 2.16. The molecule has 0 fully saturated rings. The van der Waals surface area contributed by atoms with Gasteiger partial charge in [0.05, 0.1) is 5.56 Å². The van der Waals surface area contributed by atoms with Crippen molar-refractivity contribution < 1.29 is 9.53 Å². The van der Waals surface area contributed by atoms with Crippen molar-refractivity contribution in [3.05, 3.63) is 59.7 Å². The second-order valence-corrected chi connectivity index (χ2v) is 4.89. The third-order valence-corrected chi connectivity index (χ3v) is 3.14. The van der Waals surface area contributed by atoms with Gasteiger partial charge >= 0.3 is 0 Å². The molecule has 0 heterocycles. The smallest absolute Gasteiger partial charge is 0.262 e. The number of hydrogen-bond donors (Lipinski definition) is 1. The first-order valence-corrected chi connectivity index (χ1v) is 7.23. The van der Waals surface area contributed by atoms with E-state index >= 15 is 0 Å². The number of carbonyl (C=O) groups excluding carboxylic acids is 1. The number of nitriles is 1. The fraction of sp³-hybridized carbons (Fsp3) is 0.222. The number of hydrogen-bond acceptors (Lipinski definition) is 3. The molecule has 22 heavy (non-hydrogen) atoms. The summed E-state index contributed by atoms with van der Waals surface area (Å²) < 4.78 is 5.39. The van der Waals surface area contributed by atoms with E-state index in [2.05, 4.69) is 12.2 Å². The van der Waals surface area contributed by atoms with Crippen molar-refractivity contribution in [1.82, 2.24) is 0 Å². The first kappa shape index (κ1) is 15.6. The summed E-state index contributed by atoms with van der Waals surface area (Å²) in [4.78, 5) is 11.9. The molecule has 1 N–H and O–H groups in total. The molecule has 2 aromatic carbocycles. The van der Waals surface area contributed by atoms with Crippen molar-refractivity contribution in [2.75, 3.05) is 11.9 Å².